The monoisotopic (exact) mass is 208 g/mol. The van der Waals surface area contributed by atoms with Crippen molar-refractivity contribution in [2.45, 2.75) is 25.2 Å². The zero-order valence-corrected chi connectivity index (χ0v) is 8.93. The Labute approximate surface area is 87.3 Å². The molecule has 2 rings (SSSR count). The largest absolute Gasteiger partial charge is 0.384 e. The minimum Gasteiger partial charge on any atom is -0.384 e. The molecule has 74 valence electrons. The number of aromatic nitrogens is 1. The highest BCUT2D eigenvalue weighted by Crippen LogP contribution is 2.42. The van der Waals surface area contributed by atoms with Crippen LogP contribution >= 0.6 is 11.3 Å². The second-order valence-corrected chi connectivity index (χ2v) is 4.53. The normalized spacial score (nSPS) is 15.4. The van der Waals surface area contributed by atoms with Crippen LogP contribution in [0.5, 0.6) is 0 Å². The maximum absolute atomic E-state index is 8.92. The lowest BCUT2D eigenvalue weighted by Crippen LogP contribution is -1.93. The van der Waals surface area contributed by atoms with Crippen LogP contribution in [0.25, 0.3) is 0 Å². The molecule has 0 spiro atoms. The molecule has 0 bridgehead atoms. The van der Waals surface area contributed by atoms with Crippen molar-refractivity contribution in [3.05, 3.63) is 15.6 Å². The van der Waals surface area contributed by atoms with Crippen LogP contribution in [0, 0.1) is 11.3 Å². The summed E-state index contributed by atoms with van der Waals surface area (Å²) in [6, 6.07) is 2.23. The van der Waals surface area contributed by atoms with Crippen LogP contribution in [0.15, 0.2) is 0 Å². The van der Waals surface area contributed by atoms with Gasteiger partial charge in [0.25, 0.3) is 0 Å². The molecule has 1 saturated carbocycles. The van der Waals surface area contributed by atoms with E-state index in [0.717, 1.165) is 22.0 Å². The Hall–Kier alpha value is -0.920. The molecule has 1 aromatic rings. The lowest BCUT2D eigenvalue weighted by Gasteiger charge is -1.92. The SMILES string of the molecule is COCCc1nc(C2CC2)c(C#N)s1. The molecule has 1 aliphatic carbocycles. The highest BCUT2D eigenvalue weighted by molar-refractivity contribution is 7.12. The highest BCUT2D eigenvalue weighted by atomic mass is 32.1. The first-order chi connectivity index (χ1) is 6.85. The van der Waals surface area contributed by atoms with Gasteiger partial charge in [-0.3, -0.25) is 0 Å². The number of nitrogens with zero attached hydrogens (tertiary/aromatic N) is 2. The zero-order valence-electron chi connectivity index (χ0n) is 8.12. The molecular weight excluding hydrogens is 196 g/mol. The molecule has 0 aromatic carbocycles. The highest BCUT2D eigenvalue weighted by Gasteiger charge is 2.29. The van der Waals surface area contributed by atoms with Gasteiger partial charge in [-0.2, -0.15) is 5.26 Å². The van der Waals surface area contributed by atoms with Gasteiger partial charge in [0, 0.05) is 19.4 Å². The van der Waals surface area contributed by atoms with E-state index in [1.54, 1.807) is 7.11 Å². The average Bonchev–Trinajstić information content (AvgIpc) is 2.96. The fraction of sp³-hybridized carbons (Fsp3) is 0.600. The number of hydrogen-bond donors (Lipinski definition) is 0. The van der Waals surface area contributed by atoms with Gasteiger partial charge >= 0.3 is 0 Å². The van der Waals surface area contributed by atoms with E-state index in [1.165, 1.54) is 24.2 Å². The van der Waals surface area contributed by atoms with Crippen LogP contribution in [0.1, 0.15) is 34.3 Å². The van der Waals surface area contributed by atoms with E-state index in [2.05, 4.69) is 11.1 Å². The molecule has 0 atom stereocenters. The Morgan fingerprint density at radius 3 is 3.00 bits per heavy atom. The fourth-order valence-corrected chi connectivity index (χ4v) is 2.32. The van der Waals surface area contributed by atoms with E-state index in [-0.39, 0.29) is 0 Å². The summed E-state index contributed by atoms with van der Waals surface area (Å²) in [6.45, 7) is 0.683. The maximum atomic E-state index is 8.92. The minimum atomic E-state index is 0.567. The second-order valence-electron chi connectivity index (χ2n) is 3.45. The topological polar surface area (TPSA) is 45.9 Å². The van der Waals surface area contributed by atoms with Crippen molar-refractivity contribution in [2.24, 2.45) is 0 Å². The van der Waals surface area contributed by atoms with Crippen LogP contribution in [-0.2, 0) is 11.2 Å². The molecular formula is C10H12N2OS. The summed E-state index contributed by atoms with van der Waals surface area (Å²) in [7, 11) is 1.68. The first-order valence-corrected chi connectivity index (χ1v) is 5.55. The summed E-state index contributed by atoms with van der Waals surface area (Å²) < 4.78 is 4.99. The summed E-state index contributed by atoms with van der Waals surface area (Å²) in [5, 5.41) is 9.96. The quantitative estimate of drug-likeness (QED) is 0.761. The molecule has 0 unspecified atom stereocenters. The van der Waals surface area contributed by atoms with Crippen molar-refractivity contribution >= 4 is 11.3 Å². The van der Waals surface area contributed by atoms with Crippen molar-refractivity contribution in [2.75, 3.05) is 13.7 Å². The molecule has 0 radical (unpaired) electrons. The molecule has 4 heteroatoms. The van der Waals surface area contributed by atoms with Gasteiger partial charge in [-0.25, -0.2) is 4.98 Å². The van der Waals surface area contributed by atoms with E-state index < -0.39 is 0 Å². The van der Waals surface area contributed by atoms with Crippen LogP contribution < -0.4 is 0 Å². The molecule has 1 aliphatic rings. The Morgan fingerprint density at radius 1 is 1.64 bits per heavy atom. The predicted octanol–water partition coefficient (Wildman–Crippen LogP) is 2.08. The van der Waals surface area contributed by atoms with Gasteiger partial charge in [0.2, 0.25) is 0 Å². The van der Waals surface area contributed by atoms with Gasteiger partial charge in [-0.15, -0.1) is 11.3 Å². The standard InChI is InChI=1S/C10H12N2OS/c1-13-5-4-9-12-10(7-2-3-7)8(6-11)14-9/h7H,2-5H2,1H3. The Morgan fingerprint density at radius 2 is 2.43 bits per heavy atom. The molecule has 0 saturated heterocycles. The first-order valence-electron chi connectivity index (χ1n) is 4.73. The van der Waals surface area contributed by atoms with Gasteiger partial charge in [0.15, 0.2) is 0 Å². The molecule has 3 nitrogen and oxygen atoms in total. The third kappa shape index (κ3) is 1.94. The summed E-state index contributed by atoms with van der Waals surface area (Å²) >= 11 is 1.52. The van der Waals surface area contributed by atoms with Gasteiger partial charge in [-0.1, -0.05) is 0 Å². The number of ether oxygens (including phenoxy) is 1. The van der Waals surface area contributed by atoms with Gasteiger partial charge < -0.3 is 4.74 Å². The first kappa shape index (κ1) is 9.63. The van der Waals surface area contributed by atoms with Crippen molar-refractivity contribution < 1.29 is 4.74 Å². The van der Waals surface area contributed by atoms with Crippen molar-refractivity contribution in [3.63, 3.8) is 0 Å². The molecule has 1 heterocycles. The third-order valence-corrected chi connectivity index (χ3v) is 3.32. The molecule has 1 fully saturated rings. The van der Waals surface area contributed by atoms with E-state index >= 15 is 0 Å². The van der Waals surface area contributed by atoms with E-state index in [9.17, 15) is 0 Å². The van der Waals surface area contributed by atoms with E-state index in [0.29, 0.717) is 12.5 Å². The average molecular weight is 208 g/mol. The van der Waals surface area contributed by atoms with Crippen LogP contribution in [0.3, 0.4) is 0 Å². The van der Waals surface area contributed by atoms with Crippen molar-refractivity contribution in [1.29, 1.82) is 5.26 Å². The lowest BCUT2D eigenvalue weighted by atomic mass is 10.2. The Kier molecular flexibility index (Phi) is 2.80. The zero-order chi connectivity index (χ0) is 9.97. The maximum Gasteiger partial charge on any atom is 0.128 e. The smallest absolute Gasteiger partial charge is 0.128 e. The number of hydrogen-bond acceptors (Lipinski definition) is 4. The van der Waals surface area contributed by atoms with Gasteiger partial charge in [0.05, 0.1) is 17.3 Å². The summed E-state index contributed by atoms with van der Waals surface area (Å²) in [5.74, 6) is 0.567. The lowest BCUT2D eigenvalue weighted by molar-refractivity contribution is 0.202. The van der Waals surface area contributed by atoms with E-state index in [4.69, 9.17) is 10.00 Å². The summed E-state index contributed by atoms with van der Waals surface area (Å²) in [4.78, 5) is 5.30. The fourth-order valence-electron chi connectivity index (χ4n) is 1.39. The van der Waals surface area contributed by atoms with Gasteiger partial charge in [-0.05, 0) is 12.8 Å². The third-order valence-electron chi connectivity index (χ3n) is 2.28. The van der Waals surface area contributed by atoms with Crippen LogP contribution in [0.2, 0.25) is 0 Å². The van der Waals surface area contributed by atoms with Crippen molar-refractivity contribution in [3.8, 4) is 6.07 Å². The molecule has 0 amide bonds. The molecule has 0 aliphatic heterocycles. The molecule has 0 N–H and O–H groups in total. The minimum absolute atomic E-state index is 0.567. The van der Waals surface area contributed by atoms with Crippen LogP contribution in [0.4, 0.5) is 0 Å². The summed E-state index contributed by atoms with van der Waals surface area (Å²) in [5.41, 5.74) is 1.03. The molecule has 1 aromatic heterocycles. The molecule has 14 heavy (non-hydrogen) atoms. The Balaban J connectivity index is 2.14. The number of rotatable bonds is 4. The van der Waals surface area contributed by atoms with Gasteiger partial charge in [0.1, 0.15) is 10.9 Å². The summed E-state index contributed by atoms with van der Waals surface area (Å²) in [6.07, 6.45) is 3.22. The van der Waals surface area contributed by atoms with Crippen molar-refractivity contribution in [1.82, 2.24) is 4.98 Å². The second kappa shape index (κ2) is 4.07. The van der Waals surface area contributed by atoms with E-state index in [1.807, 2.05) is 0 Å². The van der Waals surface area contributed by atoms with Crippen LogP contribution in [-0.4, -0.2) is 18.7 Å². The number of methoxy groups -OCH3 is 1. The number of nitriles is 1. The predicted molar refractivity (Wildman–Crippen MR) is 54.4 cm³/mol. The Bertz CT molecular complexity index is 363. The number of thiazole rings is 1.